The standard InChI is InChI=1S/C23H45NO3SSi/c1-23(2,3)17-22(25)9-8-21-16-19-10-12-24(21)18-20(19)11-14-28-13-7-15-29(6,26-4)27-5/h19-21H,7-18H2,1-6H3/t19?,20?,21-/m1/s1. The molecule has 0 amide bonds. The first-order chi connectivity index (χ1) is 13.7. The van der Waals surface area contributed by atoms with Crippen LogP contribution >= 0.6 is 11.8 Å². The molecule has 0 N–H and O–H groups in total. The molecular formula is C23H45NO3SSi. The maximum absolute atomic E-state index is 12.3. The van der Waals surface area contributed by atoms with E-state index in [0.29, 0.717) is 11.8 Å². The number of rotatable bonds is 13. The van der Waals surface area contributed by atoms with Crippen LogP contribution in [0.1, 0.15) is 65.7 Å². The molecule has 3 rings (SSSR count). The number of hydrogen-bond donors (Lipinski definition) is 0. The van der Waals surface area contributed by atoms with E-state index in [0.717, 1.165) is 37.1 Å². The van der Waals surface area contributed by atoms with Gasteiger partial charge < -0.3 is 13.8 Å². The molecule has 6 heteroatoms. The third-order valence-electron chi connectivity index (χ3n) is 6.91. The second kappa shape index (κ2) is 11.7. The predicted octanol–water partition coefficient (Wildman–Crippen LogP) is 5.36. The van der Waals surface area contributed by atoms with Gasteiger partial charge in [0.2, 0.25) is 0 Å². The summed E-state index contributed by atoms with van der Waals surface area (Å²) in [6.45, 7) is 11.2. The third-order valence-corrected chi connectivity index (χ3v) is 11.0. The van der Waals surface area contributed by atoms with E-state index < -0.39 is 8.56 Å². The Labute approximate surface area is 185 Å². The van der Waals surface area contributed by atoms with Gasteiger partial charge in [-0.3, -0.25) is 4.79 Å². The van der Waals surface area contributed by atoms with Gasteiger partial charge >= 0.3 is 8.56 Å². The Balaban J connectivity index is 1.62. The first kappa shape index (κ1) is 25.4. The van der Waals surface area contributed by atoms with Crippen LogP contribution in [0.25, 0.3) is 0 Å². The fourth-order valence-electron chi connectivity index (χ4n) is 5.00. The summed E-state index contributed by atoms with van der Waals surface area (Å²) in [6.07, 6.45) is 7.81. The Morgan fingerprint density at radius 1 is 1.17 bits per heavy atom. The van der Waals surface area contributed by atoms with Crippen molar-refractivity contribution in [3.8, 4) is 0 Å². The van der Waals surface area contributed by atoms with E-state index in [-0.39, 0.29) is 5.41 Å². The number of nitrogens with zero attached hydrogens (tertiary/aromatic N) is 1. The molecule has 0 aromatic rings. The lowest BCUT2D eigenvalue weighted by molar-refractivity contribution is -0.121. The second-order valence-corrected chi connectivity index (χ2v) is 15.4. The van der Waals surface area contributed by atoms with Gasteiger partial charge in [0.05, 0.1) is 0 Å². The minimum atomic E-state index is -1.88. The zero-order valence-electron chi connectivity index (χ0n) is 19.8. The summed E-state index contributed by atoms with van der Waals surface area (Å²) in [5, 5.41) is 0. The Morgan fingerprint density at radius 2 is 1.90 bits per heavy atom. The molecule has 3 unspecified atom stereocenters. The fraction of sp³-hybridized carbons (Fsp3) is 0.957. The topological polar surface area (TPSA) is 38.8 Å². The molecule has 29 heavy (non-hydrogen) atoms. The van der Waals surface area contributed by atoms with Crippen LogP contribution in [-0.4, -0.2) is 64.1 Å². The number of Topliss-reactive ketones (excluding diaryl/α,β-unsaturated/α-hetero) is 1. The van der Waals surface area contributed by atoms with Crippen molar-refractivity contribution in [2.24, 2.45) is 17.3 Å². The van der Waals surface area contributed by atoms with E-state index in [4.69, 9.17) is 8.85 Å². The number of fused-ring (bicyclic) bond motifs is 3. The van der Waals surface area contributed by atoms with Crippen molar-refractivity contribution in [3.63, 3.8) is 0 Å². The molecule has 3 aliphatic rings. The number of carbonyl (C=O) groups excluding carboxylic acids is 1. The monoisotopic (exact) mass is 443 g/mol. The van der Waals surface area contributed by atoms with Crippen LogP contribution in [0, 0.1) is 17.3 Å². The van der Waals surface area contributed by atoms with Gasteiger partial charge in [0.25, 0.3) is 0 Å². The molecule has 0 aromatic heterocycles. The summed E-state index contributed by atoms with van der Waals surface area (Å²) in [4.78, 5) is 15.0. The van der Waals surface area contributed by atoms with Crippen LogP contribution in [0.5, 0.6) is 0 Å². The van der Waals surface area contributed by atoms with Gasteiger partial charge in [-0.1, -0.05) is 20.8 Å². The molecular weight excluding hydrogens is 398 g/mol. The average Bonchev–Trinajstić information content (AvgIpc) is 2.68. The van der Waals surface area contributed by atoms with Crippen molar-refractivity contribution >= 4 is 26.1 Å². The van der Waals surface area contributed by atoms with Gasteiger partial charge in [-0.2, -0.15) is 11.8 Å². The highest BCUT2D eigenvalue weighted by atomic mass is 32.2. The molecule has 0 aliphatic carbocycles. The van der Waals surface area contributed by atoms with E-state index in [1.54, 1.807) is 14.2 Å². The van der Waals surface area contributed by atoms with Gasteiger partial charge in [-0.15, -0.1) is 0 Å². The number of hydrogen-bond acceptors (Lipinski definition) is 5. The minimum absolute atomic E-state index is 0.125. The summed E-state index contributed by atoms with van der Waals surface area (Å²) in [7, 11) is 1.68. The summed E-state index contributed by atoms with van der Waals surface area (Å²) >= 11 is 2.10. The van der Waals surface area contributed by atoms with Crippen LogP contribution in [0.15, 0.2) is 0 Å². The molecule has 2 bridgehead atoms. The van der Waals surface area contributed by atoms with E-state index in [2.05, 4.69) is 44.0 Å². The summed E-state index contributed by atoms with van der Waals surface area (Å²) in [5.41, 5.74) is 0.125. The first-order valence-electron chi connectivity index (χ1n) is 11.6. The molecule has 0 spiro atoms. The number of thioether (sulfide) groups is 1. The Morgan fingerprint density at radius 3 is 2.48 bits per heavy atom. The highest BCUT2D eigenvalue weighted by Gasteiger charge is 2.39. The van der Waals surface area contributed by atoms with E-state index in [1.165, 1.54) is 50.3 Å². The zero-order chi connectivity index (χ0) is 21.5. The van der Waals surface area contributed by atoms with Gasteiger partial charge in [-0.25, -0.2) is 0 Å². The van der Waals surface area contributed by atoms with Crippen molar-refractivity contribution in [1.82, 2.24) is 4.90 Å². The van der Waals surface area contributed by atoms with E-state index in [9.17, 15) is 4.79 Å². The maximum Gasteiger partial charge on any atom is 0.334 e. The Kier molecular flexibility index (Phi) is 10.2. The third kappa shape index (κ3) is 8.64. The minimum Gasteiger partial charge on any atom is -0.398 e. The van der Waals surface area contributed by atoms with Crippen LogP contribution in [0.2, 0.25) is 12.6 Å². The SMILES string of the molecule is CO[Si](C)(CCCSCCC1CN2CCC1C[C@H]2CCC(=O)CC(C)(C)C)OC. The molecule has 3 heterocycles. The van der Waals surface area contributed by atoms with Crippen molar-refractivity contribution in [2.75, 3.05) is 38.8 Å². The Bertz CT molecular complexity index is 507. The van der Waals surface area contributed by atoms with Crippen LogP contribution in [-0.2, 0) is 13.6 Å². The summed E-state index contributed by atoms with van der Waals surface area (Å²) < 4.78 is 11.1. The number of ketones is 1. The smallest absolute Gasteiger partial charge is 0.334 e. The summed E-state index contributed by atoms with van der Waals surface area (Å²) in [5.74, 6) is 4.71. The molecule has 3 aliphatic heterocycles. The van der Waals surface area contributed by atoms with Crippen LogP contribution in [0.3, 0.4) is 0 Å². The van der Waals surface area contributed by atoms with E-state index in [1.807, 2.05) is 0 Å². The van der Waals surface area contributed by atoms with Gasteiger partial charge in [0, 0.05) is 39.6 Å². The second-order valence-electron chi connectivity index (χ2n) is 10.6. The molecule has 3 fully saturated rings. The quantitative estimate of drug-likeness (QED) is 0.283. The lowest BCUT2D eigenvalue weighted by Crippen LogP contribution is -2.53. The zero-order valence-corrected chi connectivity index (χ0v) is 21.6. The predicted molar refractivity (Wildman–Crippen MR) is 127 cm³/mol. The van der Waals surface area contributed by atoms with Crippen LogP contribution < -0.4 is 0 Å². The highest BCUT2D eigenvalue weighted by Crippen LogP contribution is 2.40. The average molecular weight is 444 g/mol. The van der Waals surface area contributed by atoms with Crippen molar-refractivity contribution < 1.29 is 13.6 Å². The molecule has 0 saturated carbocycles. The number of carbonyl (C=O) groups is 1. The first-order valence-corrected chi connectivity index (χ1v) is 15.3. The largest absolute Gasteiger partial charge is 0.398 e. The molecule has 4 nitrogen and oxygen atoms in total. The number of piperidine rings is 3. The van der Waals surface area contributed by atoms with Crippen molar-refractivity contribution in [3.05, 3.63) is 0 Å². The van der Waals surface area contributed by atoms with Gasteiger partial charge in [0.15, 0.2) is 0 Å². The normalized spacial score (nSPS) is 27.4. The fourth-order valence-corrected chi connectivity index (χ4v) is 7.68. The molecule has 0 radical (unpaired) electrons. The maximum atomic E-state index is 12.3. The lowest BCUT2D eigenvalue weighted by Gasteiger charge is -2.50. The lowest BCUT2D eigenvalue weighted by atomic mass is 9.73. The van der Waals surface area contributed by atoms with Crippen LogP contribution in [0.4, 0.5) is 0 Å². The van der Waals surface area contributed by atoms with E-state index >= 15 is 0 Å². The molecule has 170 valence electrons. The summed E-state index contributed by atoms with van der Waals surface area (Å²) in [6, 6.07) is 1.75. The van der Waals surface area contributed by atoms with Crippen molar-refractivity contribution in [1.29, 1.82) is 0 Å². The Hall–Kier alpha value is 0.117. The van der Waals surface area contributed by atoms with Crippen molar-refractivity contribution in [2.45, 2.75) is 84.3 Å². The molecule has 4 atom stereocenters. The van der Waals surface area contributed by atoms with Gasteiger partial charge in [-0.05, 0) is 80.0 Å². The highest BCUT2D eigenvalue weighted by molar-refractivity contribution is 7.99. The molecule has 0 aromatic carbocycles. The molecule has 3 saturated heterocycles. The van der Waals surface area contributed by atoms with Gasteiger partial charge in [0.1, 0.15) is 5.78 Å².